The first-order valence-electron chi connectivity index (χ1n) is 12.2. The highest BCUT2D eigenvalue weighted by Gasteiger charge is 2.39. The summed E-state index contributed by atoms with van der Waals surface area (Å²) < 4.78 is 17.2. The summed E-state index contributed by atoms with van der Waals surface area (Å²) in [5.74, 6) is 0.294. The molecule has 0 bridgehead atoms. The summed E-state index contributed by atoms with van der Waals surface area (Å²) in [5.41, 5.74) is 1.04. The molecule has 34 heavy (non-hydrogen) atoms. The van der Waals surface area contributed by atoms with Crippen molar-refractivity contribution in [3.63, 3.8) is 0 Å². The molecular formula is C25H35N3O6. The van der Waals surface area contributed by atoms with Crippen LogP contribution in [0.5, 0.6) is 5.75 Å². The molecular weight excluding hydrogens is 438 g/mol. The number of carbonyl (C=O) groups excluding carboxylic acids is 3. The maximum absolute atomic E-state index is 13.3. The molecule has 4 rings (SSSR count). The van der Waals surface area contributed by atoms with Crippen molar-refractivity contribution in [2.45, 2.75) is 63.2 Å². The highest BCUT2D eigenvalue weighted by atomic mass is 16.5. The van der Waals surface area contributed by atoms with Crippen LogP contribution in [0.3, 0.4) is 0 Å². The minimum absolute atomic E-state index is 0.0167. The first-order chi connectivity index (χ1) is 16.5. The molecule has 0 spiro atoms. The number of methoxy groups -OCH3 is 1. The van der Waals surface area contributed by atoms with Gasteiger partial charge in [-0.3, -0.25) is 14.4 Å². The van der Waals surface area contributed by atoms with Crippen LogP contribution in [-0.2, 0) is 19.1 Å². The lowest BCUT2D eigenvalue weighted by Crippen LogP contribution is -2.54. The van der Waals surface area contributed by atoms with E-state index in [1.807, 2.05) is 0 Å². The van der Waals surface area contributed by atoms with E-state index in [1.54, 1.807) is 37.3 Å². The second-order valence-corrected chi connectivity index (χ2v) is 9.40. The van der Waals surface area contributed by atoms with Gasteiger partial charge in [0.25, 0.3) is 5.91 Å². The quantitative estimate of drug-likeness (QED) is 0.589. The molecule has 0 unspecified atom stereocenters. The third-order valence-corrected chi connectivity index (χ3v) is 7.05. The fourth-order valence-electron chi connectivity index (χ4n) is 5.11. The lowest BCUT2D eigenvalue weighted by molar-refractivity contribution is -0.134. The molecule has 2 fully saturated rings. The van der Waals surface area contributed by atoms with Crippen molar-refractivity contribution in [3.05, 3.63) is 23.8 Å². The van der Waals surface area contributed by atoms with Gasteiger partial charge in [-0.15, -0.1) is 0 Å². The van der Waals surface area contributed by atoms with Crippen LogP contribution in [-0.4, -0.2) is 74.8 Å². The molecule has 1 aliphatic carbocycles. The molecule has 3 aliphatic rings. The standard InChI is InChI=1S/C25H35N3O6/c1-28-20-9-8-18(14-23(29)26-11-12-32-2)34-22(20)15-33-21-10-7-17(13-19(21)25(28)31)27-24(30)16-5-3-4-6-16/h7,10,13,16,18,20,22H,3-6,8-9,11-12,14-15H2,1-2H3,(H,26,29)(H,27,30)/t18-,20+,22+/m1/s1. The number of nitrogens with one attached hydrogen (secondary N) is 2. The van der Waals surface area contributed by atoms with Crippen molar-refractivity contribution >= 4 is 23.4 Å². The molecule has 1 aromatic rings. The Morgan fingerprint density at radius 3 is 2.74 bits per heavy atom. The second-order valence-electron chi connectivity index (χ2n) is 9.40. The van der Waals surface area contributed by atoms with E-state index in [-0.39, 0.29) is 54.9 Å². The Kier molecular flexibility index (Phi) is 8.05. The van der Waals surface area contributed by atoms with E-state index in [4.69, 9.17) is 14.2 Å². The molecule has 3 amide bonds. The van der Waals surface area contributed by atoms with Gasteiger partial charge in [0.1, 0.15) is 18.5 Å². The van der Waals surface area contributed by atoms with Gasteiger partial charge in [0.15, 0.2) is 0 Å². The summed E-state index contributed by atoms with van der Waals surface area (Å²) in [6.07, 6.45) is 5.14. The molecule has 1 aromatic carbocycles. The Morgan fingerprint density at radius 2 is 1.97 bits per heavy atom. The zero-order chi connectivity index (χ0) is 24.1. The number of rotatable bonds is 7. The van der Waals surface area contributed by atoms with E-state index >= 15 is 0 Å². The summed E-state index contributed by atoms with van der Waals surface area (Å²) in [7, 11) is 3.37. The second kappa shape index (κ2) is 11.2. The average Bonchev–Trinajstić information content (AvgIpc) is 3.37. The maximum Gasteiger partial charge on any atom is 0.257 e. The maximum atomic E-state index is 13.3. The van der Waals surface area contributed by atoms with Gasteiger partial charge in [-0.25, -0.2) is 0 Å². The Hall–Kier alpha value is -2.65. The zero-order valence-corrected chi connectivity index (χ0v) is 20.0. The minimum Gasteiger partial charge on any atom is -0.490 e. The van der Waals surface area contributed by atoms with Crippen LogP contribution >= 0.6 is 0 Å². The number of fused-ring (bicyclic) bond motifs is 2. The van der Waals surface area contributed by atoms with Crippen molar-refractivity contribution in [2.75, 3.05) is 39.2 Å². The van der Waals surface area contributed by atoms with Crippen molar-refractivity contribution in [3.8, 4) is 5.75 Å². The fourth-order valence-corrected chi connectivity index (χ4v) is 5.11. The monoisotopic (exact) mass is 473 g/mol. The number of ether oxygens (including phenoxy) is 3. The van der Waals surface area contributed by atoms with Gasteiger partial charge in [0, 0.05) is 32.3 Å². The number of amides is 3. The largest absolute Gasteiger partial charge is 0.490 e. The summed E-state index contributed by atoms with van der Waals surface area (Å²) in [6, 6.07) is 5.06. The third-order valence-electron chi connectivity index (χ3n) is 7.05. The average molecular weight is 474 g/mol. The van der Waals surface area contributed by atoms with Gasteiger partial charge in [0.05, 0.1) is 30.7 Å². The number of hydrogen-bond acceptors (Lipinski definition) is 6. The van der Waals surface area contributed by atoms with E-state index in [1.165, 1.54) is 0 Å². The number of carbonyl (C=O) groups is 3. The van der Waals surface area contributed by atoms with Crippen molar-refractivity contribution < 1.29 is 28.6 Å². The predicted octanol–water partition coefficient (Wildman–Crippen LogP) is 2.35. The molecule has 0 radical (unpaired) electrons. The summed E-state index contributed by atoms with van der Waals surface area (Å²) in [6.45, 7) is 1.22. The molecule has 186 valence electrons. The summed E-state index contributed by atoms with van der Waals surface area (Å²) in [5, 5.41) is 5.79. The fraction of sp³-hybridized carbons (Fsp3) is 0.640. The topological polar surface area (TPSA) is 106 Å². The predicted molar refractivity (Wildman–Crippen MR) is 126 cm³/mol. The van der Waals surface area contributed by atoms with Gasteiger partial charge < -0.3 is 29.7 Å². The van der Waals surface area contributed by atoms with Crippen LogP contribution < -0.4 is 15.4 Å². The van der Waals surface area contributed by atoms with Gasteiger partial charge >= 0.3 is 0 Å². The first kappa shape index (κ1) is 24.5. The Bertz CT molecular complexity index is 901. The van der Waals surface area contributed by atoms with Crippen LogP contribution in [0, 0.1) is 5.92 Å². The van der Waals surface area contributed by atoms with E-state index in [2.05, 4.69) is 10.6 Å². The first-order valence-corrected chi connectivity index (χ1v) is 12.2. The van der Waals surface area contributed by atoms with Gasteiger partial charge in [-0.2, -0.15) is 0 Å². The number of anilines is 1. The normalized spacial score (nSPS) is 24.9. The van der Waals surface area contributed by atoms with E-state index in [0.29, 0.717) is 36.6 Å². The van der Waals surface area contributed by atoms with Crippen LogP contribution in [0.25, 0.3) is 0 Å². The Labute approximate surface area is 200 Å². The number of nitrogens with zero attached hydrogens (tertiary/aromatic N) is 1. The van der Waals surface area contributed by atoms with Crippen molar-refractivity contribution in [1.82, 2.24) is 10.2 Å². The molecule has 3 atom stereocenters. The van der Waals surface area contributed by atoms with Crippen LogP contribution in [0.15, 0.2) is 18.2 Å². The highest BCUT2D eigenvalue weighted by Crippen LogP contribution is 2.33. The molecule has 2 heterocycles. The van der Waals surface area contributed by atoms with Crippen LogP contribution in [0.2, 0.25) is 0 Å². The third kappa shape index (κ3) is 5.70. The van der Waals surface area contributed by atoms with Gasteiger partial charge in [-0.1, -0.05) is 12.8 Å². The zero-order valence-electron chi connectivity index (χ0n) is 20.0. The minimum atomic E-state index is -0.325. The summed E-state index contributed by atoms with van der Waals surface area (Å²) in [4.78, 5) is 39.8. The molecule has 1 saturated carbocycles. The van der Waals surface area contributed by atoms with E-state index in [0.717, 1.165) is 32.1 Å². The van der Waals surface area contributed by atoms with Gasteiger partial charge in [-0.05, 0) is 43.9 Å². The number of benzene rings is 1. The highest BCUT2D eigenvalue weighted by molar-refractivity contribution is 6.00. The molecule has 9 nitrogen and oxygen atoms in total. The Morgan fingerprint density at radius 1 is 1.18 bits per heavy atom. The van der Waals surface area contributed by atoms with Crippen molar-refractivity contribution in [2.24, 2.45) is 5.92 Å². The lowest BCUT2D eigenvalue weighted by atomic mass is 9.94. The smallest absolute Gasteiger partial charge is 0.257 e. The number of hydrogen-bond donors (Lipinski definition) is 2. The van der Waals surface area contributed by atoms with Crippen molar-refractivity contribution in [1.29, 1.82) is 0 Å². The lowest BCUT2D eigenvalue weighted by Gasteiger charge is -2.42. The SMILES string of the molecule is COCCNC(=O)C[C@H]1CC[C@H]2[C@H](COc3ccc(NC(=O)C4CCCC4)cc3C(=O)N2C)O1. The molecule has 9 heteroatoms. The van der Waals surface area contributed by atoms with Crippen LogP contribution in [0.1, 0.15) is 55.3 Å². The Balaban J connectivity index is 1.41. The van der Waals surface area contributed by atoms with Gasteiger partial charge in [0.2, 0.25) is 11.8 Å². The molecule has 0 aromatic heterocycles. The molecule has 2 aliphatic heterocycles. The molecule has 1 saturated heterocycles. The summed E-state index contributed by atoms with van der Waals surface area (Å²) >= 11 is 0. The van der Waals surface area contributed by atoms with E-state index < -0.39 is 0 Å². The van der Waals surface area contributed by atoms with Crippen LogP contribution in [0.4, 0.5) is 5.69 Å². The van der Waals surface area contributed by atoms with E-state index in [9.17, 15) is 14.4 Å². The number of likely N-dealkylation sites (N-methyl/N-ethyl adjacent to an activating group) is 1. The molecule has 2 N–H and O–H groups in total.